The third-order valence-electron chi connectivity index (χ3n) is 4.69. The second-order valence-corrected chi connectivity index (χ2v) is 6.67. The molecule has 3 rings (SSSR count). The molecular formula is C23H21NO5. The third-order valence-corrected chi connectivity index (χ3v) is 4.69. The van der Waals surface area contributed by atoms with Crippen LogP contribution in [-0.2, 0) is 14.4 Å². The van der Waals surface area contributed by atoms with Crippen molar-refractivity contribution in [3.8, 4) is 0 Å². The van der Waals surface area contributed by atoms with Crippen molar-refractivity contribution in [1.29, 1.82) is 0 Å². The highest BCUT2D eigenvalue weighted by Crippen LogP contribution is 2.30. The van der Waals surface area contributed by atoms with Gasteiger partial charge in [0.15, 0.2) is 0 Å². The molecule has 1 unspecified atom stereocenters. The van der Waals surface area contributed by atoms with E-state index in [2.05, 4.69) is 0 Å². The van der Waals surface area contributed by atoms with E-state index in [4.69, 9.17) is 5.11 Å². The first-order valence-electron chi connectivity index (χ1n) is 9.28. The Hall–Kier alpha value is -3.67. The van der Waals surface area contributed by atoms with E-state index in [-0.39, 0.29) is 30.7 Å². The number of rotatable bonds is 7. The number of Topliss-reactive ketones (excluding diaryl/α,β-unsaturated/α-hetero) is 1. The third kappa shape index (κ3) is 4.60. The molecule has 1 saturated heterocycles. The van der Waals surface area contributed by atoms with Gasteiger partial charge in [-0.1, -0.05) is 72.8 Å². The summed E-state index contributed by atoms with van der Waals surface area (Å²) in [6.07, 6.45) is 3.56. The largest absolute Gasteiger partial charge is 0.507 e. The summed E-state index contributed by atoms with van der Waals surface area (Å²) in [6, 6.07) is 17.2. The van der Waals surface area contributed by atoms with E-state index in [1.165, 1.54) is 4.90 Å². The molecule has 1 amide bonds. The smallest absolute Gasteiger partial charge is 0.303 e. The van der Waals surface area contributed by atoms with Crippen LogP contribution in [0.15, 0.2) is 72.3 Å². The fourth-order valence-electron chi connectivity index (χ4n) is 3.27. The summed E-state index contributed by atoms with van der Waals surface area (Å²) in [5, 5.41) is 19.6. The molecule has 6 heteroatoms. The van der Waals surface area contributed by atoms with Crippen LogP contribution in [0.1, 0.15) is 24.0 Å². The molecule has 1 atom stereocenters. The van der Waals surface area contributed by atoms with Gasteiger partial charge in [-0.15, -0.1) is 0 Å². The summed E-state index contributed by atoms with van der Waals surface area (Å²) in [4.78, 5) is 37.4. The molecule has 0 radical (unpaired) electrons. The van der Waals surface area contributed by atoms with Crippen LogP contribution in [0.4, 0.5) is 0 Å². The number of carboxylic acid groups (broad SMARTS) is 1. The van der Waals surface area contributed by atoms with Gasteiger partial charge in [0.2, 0.25) is 0 Å². The van der Waals surface area contributed by atoms with E-state index >= 15 is 0 Å². The zero-order valence-electron chi connectivity index (χ0n) is 15.7. The van der Waals surface area contributed by atoms with Gasteiger partial charge in [-0.3, -0.25) is 14.4 Å². The molecule has 2 aromatic carbocycles. The quantitative estimate of drug-likeness (QED) is 0.429. The number of likely N-dealkylation sites (tertiary alicyclic amines) is 1. The summed E-state index contributed by atoms with van der Waals surface area (Å²) < 4.78 is 0. The SMILES string of the molecule is O=C(O)CCCN1C(=O)C(=O)/C(=C(/O)c2ccccc2)C1C=Cc1ccccc1. The molecule has 6 nitrogen and oxygen atoms in total. The van der Waals surface area contributed by atoms with Crippen LogP contribution in [0.2, 0.25) is 0 Å². The van der Waals surface area contributed by atoms with Crippen LogP contribution in [0.5, 0.6) is 0 Å². The van der Waals surface area contributed by atoms with Crippen LogP contribution in [0.3, 0.4) is 0 Å². The summed E-state index contributed by atoms with van der Waals surface area (Å²) in [5.41, 5.74) is 1.32. The molecule has 2 aromatic rings. The highest BCUT2D eigenvalue weighted by molar-refractivity contribution is 6.47. The molecule has 2 N–H and O–H groups in total. The van der Waals surface area contributed by atoms with Crippen LogP contribution < -0.4 is 0 Å². The molecule has 0 bridgehead atoms. The number of amides is 1. The first kappa shape index (κ1) is 20.1. The molecule has 148 valence electrons. The first-order valence-corrected chi connectivity index (χ1v) is 9.28. The van der Waals surface area contributed by atoms with Gasteiger partial charge in [-0.25, -0.2) is 0 Å². The molecule has 29 heavy (non-hydrogen) atoms. The Morgan fingerprint density at radius 1 is 0.966 bits per heavy atom. The molecule has 1 heterocycles. The monoisotopic (exact) mass is 391 g/mol. The Morgan fingerprint density at radius 2 is 1.59 bits per heavy atom. The number of carbonyl (C=O) groups is 3. The van der Waals surface area contributed by atoms with Crippen LogP contribution >= 0.6 is 0 Å². The Labute approximate surface area is 168 Å². The second-order valence-electron chi connectivity index (χ2n) is 6.67. The van der Waals surface area contributed by atoms with Crippen LogP contribution in [-0.4, -0.2) is 45.4 Å². The van der Waals surface area contributed by atoms with Crippen molar-refractivity contribution < 1.29 is 24.6 Å². The van der Waals surface area contributed by atoms with Gasteiger partial charge in [0.25, 0.3) is 11.7 Å². The zero-order chi connectivity index (χ0) is 20.8. The predicted molar refractivity (Wildman–Crippen MR) is 109 cm³/mol. The first-order chi connectivity index (χ1) is 14.0. The average molecular weight is 391 g/mol. The van der Waals surface area contributed by atoms with Crippen molar-refractivity contribution in [1.82, 2.24) is 4.90 Å². The number of ketones is 1. The van der Waals surface area contributed by atoms with E-state index in [9.17, 15) is 19.5 Å². The second kappa shape index (κ2) is 9.01. The number of nitrogens with zero attached hydrogens (tertiary/aromatic N) is 1. The minimum atomic E-state index is -0.970. The van der Waals surface area contributed by atoms with Gasteiger partial charge >= 0.3 is 5.97 Å². The van der Waals surface area contributed by atoms with E-state index in [1.54, 1.807) is 42.5 Å². The molecule has 1 aliphatic heterocycles. The van der Waals surface area contributed by atoms with Gasteiger partial charge in [0.1, 0.15) is 5.76 Å². The van der Waals surface area contributed by atoms with E-state index < -0.39 is 23.7 Å². The lowest BCUT2D eigenvalue weighted by atomic mass is 10.00. The maximum absolute atomic E-state index is 12.7. The average Bonchev–Trinajstić information content (AvgIpc) is 2.97. The minimum absolute atomic E-state index is 0.00343. The number of hydrogen-bond acceptors (Lipinski definition) is 4. The zero-order valence-corrected chi connectivity index (χ0v) is 15.7. The lowest BCUT2D eigenvalue weighted by Crippen LogP contribution is -2.34. The van der Waals surface area contributed by atoms with E-state index in [0.717, 1.165) is 5.56 Å². The Morgan fingerprint density at radius 3 is 2.21 bits per heavy atom. The molecule has 1 aliphatic rings. The summed E-state index contributed by atoms with van der Waals surface area (Å²) in [6.45, 7) is 0.103. The normalized spacial score (nSPS) is 18.5. The van der Waals surface area contributed by atoms with Gasteiger partial charge in [-0.2, -0.15) is 0 Å². The number of hydrogen-bond donors (Lipinski definition) is 2. The molecular weight excluding hydrogens is 370 g/mol. The fourth-order valence-corrected chi connectivity index (χ4v) is 3.27. The molecule has 0 saturated carbocycles. The lowest BCUT2D eigenvalue weighted by Gasteiger charge is -2.22. The van der Waals surface area contributed by atoms with Crippen molar-refractivity contribution >= 4 is 29.5 Å². The number of aliphatic hydroxyl groups excluding tert-OH is 1. The van der Waals surface area contributed by atoms with Crippen LogP contribution in [0.25, 0.3) is 11.8 Å². The molecule has 0 spiro atoms. The van der Waals surface area contributed by atoms with Crippen LogP contribution in [0, 0.1) is 0 Å². The van der Waals surface area contributed by atoms with Crippen molar-refractivity contribution in [2.45, 2.75) is 18.9 Å². The van der Waals surface area contributed by atoms with Gasteiger partial charge in [-0.05, 0) is 12.0 Å². The van der Waals surface area contributed by atoms with E-state index in [0.29, 0.717) is 5.56 Å². The topological polar surface area (TPSA) is 94.9 Å². The van der Waals surface area contributed by atoms with Crippen molar-refractivity contribution in [3.63, 3.8) is 0 Å². The van der Waals surface area contributed by atoms with Gasteiger partial charge in [0.05, 0.1) is 11.6 Å². The highest BCUT2D eigenvalue weighted by atomic mass is 16.4. The maximum Gasteiger partial charge on any atom is 0.303 e. The molecule has 1 fully saturated rings. The number of aliphatic carboxylic acids is 1. The molecule has 0 aliphatic carbocycles. The van der Waals surface area contributed by atoms with Gasteiger partial charge < -0.3 is 15.1 Å². The lowest BCUT2D eigenvalue weighted by molar-refractivity contribution is -0.140. The number of benzene rings is 2. The van der Waals surface area contributed by atoms with Gasteiger partial charge in [0, 0.05) is 18.5 Å². The summed E-state index contributed by atoms with van der Waals surface area (Å²) >= 11 is 0. The predicted octanol–water partition coefficient (Wildman–Crippen LogP) is 3.31. The highest BCUT2D eigenvalue weighted by Gasteiger charge is 2.43. The van der Waals surface area contributed by atoms with Crippen molar-refractivity contribution in [2.75, 3.05) is 6.54 Å². The van der Waals surface area contributed by atoms with Crippen molar-refractivity contribution in [3.05, 3.63) is 83.4 Å². The standard InChI is InChI=1S/C23H21NO5/c25-19(26)12-7-15-24-18(14-13-16-8-3-1-4-9-16)20(22(28)23(24)29)21(27)17-10-5-2-6-11-17/h1-6,8-11,13-14,18,27H,7,12,15H2,(H,25,26)/b14-13?,21-20+. The minimum Gasteiger partial charge on any atom is -0.507 e. The van der Waals surface area contributed by atoms with Crippen molar-refractivity contribution in [2.24, 2.45) is 0 Å². The Balaban J connectivity index is 2.00. The van der Waals surface area contributed by atoms with E-state index in [1.807, 2.05) is 30.3 Å². The number of aliphatic hydroxyl groups is 1. The summed E-state index contributed by atoms with van der Waals surface area (Å²) in [5.74, 6) is -2.73. The number of carbonyl (C=O) groups excluding carboxylic acids is 2. The Bertz CT molecular complexity index is 963. The Kier molecular flexibility index (Phi) is 6.24. The number of carboxylic acids is 1. The molecule has 0 aromatic heterocycles. The fraction of sp³-hybridized carbons (Fsp3) is 0.174. The summed E-state index contributed by atoms with van der Waals surface area (Å²) in [7, 11) is 0. The maximum atomic E-state index is 12.7.